The van der Waals surface area contributed by atoms with Crippen molar-refractivity contribution in [2.24, 2.45) is 5.92 Å². The van der Waals surface area contributed by atoms with Crippen molar-refractivity contribution in [2.45, 2.75) is 20.8 Å². The summed E-state index contributed by atoms with van der Waals surface area (Å²) in [6.07, 6.45) is 4.36. The van der Waals surface area contributed by atoms with E-state index in [-0.39, 0.29) is 0 Å². The SMILES string of the molecule is CC1=CC=C(C(C)C)[B]1. The predicted octanol–water partition coefficient (Wildman–Crippen LogP) is 2.15. The number of allylic oxidation sites excluding steroid dienone is 4. The Labute approximate surface area is 57.9 Å². The van der Waals surface area contributed by atoms with Crippen LogP contribution in [-0.2, 0) is 0 Å². The number of hydrogen-bond donors (Lipinski definition) is 0. The summed E-state index contributed by atoms with van der Waals surface area (Å²) in [7, 11) is 2.24. The minimum Gasteiger partial charge on any atom is -0.106 e. The van der Waals surface area contributed by atoms with E-state index in [1.54, 1.807) is 0 Å². The molecule has 0 aromatic rings. The first-order chi connectivity index (χ1) is 4.20. The van der Waals surface area contributed by atoms with Crippen molar-refractivity contribution < 1.29 is 0 Å². The van der Waals surface area contributed by atoms with Crippen LogP contribution in [-0.4, -0.2) is 7.28 Å². The van der Waals surface area contributed by atoms with Gasteiger partial charge in [-0.2, -0.15) is 0 Å². The van der Waals surface area contributed by atoms with Crippen LogP contribution in [0.15, 0.2) is 23.1 Å². The number of hydrogen-bond acceptors (Lipinski definition) is 0. The molecule has 0 atom stereocenters. The van der Waals surface area contributed by atoms with Gasteiger partial charge in [-0.3, -0.25) is 0 Å². The first-order valence-corrected chi connectivity index (χ1v) is 3.43. The van der Waals surface area contributed by atoms with Crippen LogP contribution in [0.4, 0.5) is 0 Å². The van der Waals surface area contributed by atoms with Crippen LogP contribution in [0, 0.1) is 5.92 Å². The van der Waals surface area contributed by atoms with Crippen LogP contribution < -0.4 is 0 Å². The Balaban J connectivity index is 2.54. The Kier molecular flexibility index (Phi) is 1.79. The molecule has 0 saturated heterocycles. The first-order valence-electron chi connectivity index (χ1n) is 3.43. The van der Waals surface area contributed by atoms with E-state index in [1.165, 1.54) is 10.9 Å². The zero-order chi connectivity index (χ0) is 6.85. The third-order valence-corrected chi connectivity index (χ3v) is 1.60. The van der Waals surface area contributed by atoms with Crippen molar-refractivity contribution in [1.82, 2.24) is 0 Å². The minimum absolute atomic E-state index is 0.679. The van der Waals surface area contributed by atoms with E-state index in [0.717, 1.165) is 0 Å². The average Bonchev–Trinajstić information content (AvgIpc) is 2.14. The zero-order valence-electron chi connectivity index (χ0n) is 6.31. The molecule has 0 aliphatic carbocycles. The molecule has 1 radical (unpaired) electrons. The Morgan fingerprint density at radius 3 is 2.22 bits per heavy atom. The van der Waals surface area contributed by atoms with Crippen molar-refractivity contribution in [3.63, 3.8) is 0 Å². The fraction of sp³-hybridized carbons (Fsp3) is 0.500. The summed E-state index contributed by atoms with van der Waals surface area (Å²) in [6.45, 7) is 6.56. The highest BCUT2D eigenvalue weighted by atomic mass is 14.0. The van der Waals surface area contributed by atoms with E-state index in [4.69, 9.17) is 0 Å². The summed E-state index contributed by atoms with van der Waals surface area (Å²) < 4.78 is 0. The van der Waals surface area contributed by atoms with Gasteiger partial charge in [0.05, 0.1) is 0 Å². The lowest BCUT2D eigenvalue weighted by Gasteiger charge is -2.03. The molecular formula is C8H12B. The molecular weight excluding hydrogens is 107 g/mol. The summed E-state index contributed by atoms with van der Waals surface area (Å²) in [6, 6.07) is 0. The largest absolute Gasteiger partial charge is 0.180 e. The third kappa shape index (κ3) is 1.47. The second-order valence-corrected chi connectivity index (χ2v) is 2.88. The van der Waals surface area contributed by atoms with Gasteiger partial charge in [0.25, 0.3) is 0 Å². The highest BCUT2D eigenvalue weighted by Crippen LogP contribution is 2.16. The maximum atomic E-state index is 2.24. The number of rotatable bonds is 1. The van der Waals surface area contributed by atoms with Crippen LogP contribution in [0.1, 0.15) is 20.8 Å². The summed E-state index contributed by atoms with van der Waals surface area (Å²) >= 11 is 0. The molecule has 1 aliphatic rings. The summed E-state index contributed by atoms with van der Waals surface area (Å²) in [5.74, 6) is 0.679. The van der Waals surface area contributed by atoms with Crippen molar-refractivity contribution in [2.75, 3.05) is 0 Å². The fourth-order valence-corrected chi connectivity index (χ4v) is 0.946. The van der Waals surface area contributed by atoms with Crippen molar-refractivity contribution in [3.05, 3.63) is 23.1 Å². The van der Waals surface area contributed by atoms with Crippen LogP contribution in [0.3, 0.4) is 0 Å². The van der Waals surface area contributed by atoms with Gasteiger partial charge in [-0.25, -0.2) is 0 Å². The summed E-state index contributed by atoms with van der Waals surface area (Å²) in [5.41, 5.74) is 2.83. The first kappa shape index (κ1) is 6.66. The van der Waals surface area contributed by atoms with Crippen LogP contribution >= 0.6 is 0 Å². The Bertz CT molecular complexity index is 163. The topological polar surface area (TPSA) is 0 Å². The highest BCUT2D eigenvalue weighted by Gasteiger charge is 2.08. The second-order valence-electron chi connectivity index (χ2n) is 2.88. The molecule has 0 amide bonds. The lowest BCUT2D eigenvalue weighted by molar-refractivity contribution is 0.812. The zero-order valence-corrected chi connectivity index (χ0v) is 6.31. The van der Waals surface area contributed by atoms with Crippen LogP contribution in [0.5, 0.6) is 0 Å². The molecule has 1 aliphatic heterocycles. The van der Waals surface area contributed by atoms with Gasteiger partial charge in [-0.05, 0) is 5.92 Å². The fourth-order valence-electron chi connectivity index (χ4n) is 0.946. The van der Waals surface area contributed by atoms with Crippen LogP contribution in [0.2, 0.25) is 0 Å². The van der Waals surface area contributed by atoms with E-state index < -0.39 is 0 Å². The molecule has 0 nitrogen and oxygen atoms in total. The van der Waals surface area contributed by atoms with Gasteiger partial charge in [0, 0.05) is 0 Å². The monoisotopic (exact) mass is 119 g/mol. The van der Waals surface area contributed by atoms with Gasteiger partial charge in [0.2, 0.25) is 0 Å². The van der Waals surface area contributed by atoms with Crippen molar-refractivity contribution in [3.8, 4) is 0 Å². The van der Waals surface area contributed by atoms with Gasteiger partial charge in [0.1, 0.15) is 0 Å². The molecule has 0 unspecified atom stereocenters. The van der Waals surface area contributed by atoms with E-state index in [9.17, 15) is 0 Å². The standard InChI is InChI=1S/C8H12B/c1-6(2)8-5-4-7(3)9-8/h4-6H,1-3H3. The lowest BCUT2D eigenvalue weighted by atomic mass is 9.63. The maximum Gasteiger partial charge on any atom is 0.180 e. The van der Waals surface area contributed by atoms with E-state index in [0.29, 0.717) is 5.92 Å². The molecule has 0 fully saturated rings. The van der Waals surface area contributed by atoms with Gasteiger partial charge in [-0.1, -0.05) is 32.9 Å². The van der Waals surface area contributed by atoms with Crippen molar-refractivity contribution >= 4 is 7.28 Å². The van der Waals surface area contributed by atoms with Crippen LogP contribution in [0.25, 0.3) is 0 Å². The minimum atomic E-state index is 0.679. The van der Waals surface area contributed by atoms with Gasteiger partial charge in [0.15, 0.2) is 7.28 Å². The normalized spacial score (nSPS) is 17.3. The Morgan fingerprint density at radius 1 is 1.33 bits per heavy atom. The Morgan fingerprint density at radius 2 is 2.00 bits per heavy atom. The quantitative estimate of drug-likeness (QED) is 0.464. The highest BCUT2D eigenvalue weighted by molar-refractivity contribution is 6.55. The average molecular weight is 119 g/mol. The molecule has 47 valence electrons. The molecule has 0 aromatic heterocycles. The maximum absolute atomic E-state index is 2.24. The molecule has 9 heavy (non-hydrogen) atoms. The Hall–Kier alpha value is -0.455. The van der Waals surface area contributed by atoms with Crippen molar-refractivity contribution in [1.29, 1.82) is 0 Å². The molecule has 1 heteroatoms. The molecule has 0 bridgehead atoms. The molecule has 0 saturated carbocycles. The smallest absolute Gasteiger partial charge is 0.106 e. The van der Waals surface area contributed by atoms with E-state index in [1.807, 2.05) is 0 Å². The molecule has 0 aromatic carbocycles. The van der Waals surface area contributed by atoms with Gasteiger partial charge >= 0.3 is 0 Å². The molecule has 1 rings (SSSR count). The summed E-state index contributed by atoms with van der Waals surface area (Å²) in [4.78, 5) is 0. The van der Waals surface area contributed by atoms with Gasteiger partial charge in [-0.15, -0.1) is 10.9 Å². The molecule has 0 spiro atoms. The summed E-state index contributed by atoms with van der Waals surface area (Å²) in [5, 5.41) is 0. The van der Waals surface area contributed by atoms with E-state index >= 15 is 0 Å². The third-order valence-electron chi connectivity index (χ3n) is 1.60. The second kappa shape index (κ2) is 2.42. The predicted molar refractivity (Wildman–Crippen MR) is 42.4 cm³/mol. The van der Waals surface area contributed by atoms with E-state index in [2.05, 4.69) is 40.2 Å². The lowest BCUT2D eigenvalue weighted by Crippen LogP contribution is -2.00. The van der Waals surface area contributed by atoms with Gasteiger partial charge < -0.3 is 0 Å². The molecule has 1 heterocycles. The molecule has 0 N–H and O–H groups in total.